The lowest BCUT2D eigenvalue weighted by atomic mass is 10.1. The Hall–Kier alpha value is -3.47. The quantitative estimate of drug-likeness (QED) is 0.415. The van der Waals surface area contributed by atoms with Gasteiger partial charge >= 0.3 is 0 Å². The molecule has 34 heavy (non-hydrogen) atoms. The van der Waals surface area contributed by atoms with E-state index in [0.717, 1.165) is 5.56 Å². The Bertz CT molecular complexity index is 1370. The SMILES string of the molecule is C=CCN(c1ccccc1)S(=O)(=O)c1cccc(C(=O)NCCc2ccc(S(N)(=O)=O)cc2)c1. The van der Waals surface area contributed by atoms with Crippen LogP contribution in [0.3, 0.4) is 0 Å². The first-order chi connectivity index (χ1) is 16.1. The number of benzene rings is 3. The molecule has 10 heteroatoms. The first kappa shape index (κ1) is 25.2. The largest absolute Gasteiger partial charge is 0.352 e. The molecule has 3 N–H and O–H groups in total. The van der Waals surface area contributed by atoms with Gasteiger partial charge < -0.3 is 5.32 Å². The van der Waals surface area contributed by atoms with Crippen molar-refractivity contribution >= 4 is 31.6 Å². The highest BCUT2D eigenvalue weighted by molar-refractivity contribution is 7.92. The van der Waals surface area contributed by atoms with Crippen LogP contribution >= 0.6 is 0 Å². The summed E-state index contributed by atoms with van der Waals surface area (Å²) in [5, 5.41) is 7.84. The van der Waals surface area contributed by atoms with Gasteiger partial charge in [0, 0.05) is 12.1 Å². The molecule has 0 bridgehead atoms. The van der Waals surface area contributed by atoms with Gasteiger partial charge in [-0.3, -0.25) is 9.10 Å². The summed E-state index contributed by atoms with van der Waals surface area (Å²) in [5.74, 6) is -0.423. The second-order valence-electron chi connectivity index (χ2n) is 7.38. The minimum absolute atomic E-state index is 0.00978. The van der Waals surface area contributed by atoms with Crippen molar-refractivity contribution in [3.8, 4) is 0 Å². The van der Waals surface area contributed by atoms with E-state index in [1.807, 2.05) is 0 Å². The third kappa shape index (κ3) is 6.10. The van der Waals surface area contributed by atoms with Gasteiger partial charge in [0.05, 0.1) is 22.0 Å². The number of amides is 1. The molecule has 0 saturated heterocycles. The molecule has 0 aliphatic rings. The highest BCUT2D eigenvalue weighted by atomic mass is 32.2. The molecule has 0 aliphatic carbocycles. The monoisotopic (exact) mass is 499 g/mol. The zero-order valence-electron chi connectivity index (χ0n) is 18.3. The molecule has 0 aliphatic heterocycles. The number of nitrogens with one attached hydrogen (secondary N) is 1. The van der Waals surface area contributed by atoms with Crippen LogP contribution in [-0.4, -0.2) is 35.8 Å². The number of nitrogens with two attached hydrogens (primary N) is 1. The van der Waals surface area contributed by atoms with Crippen LogP contribution in [0.4, 0.5) is 5.69 Å². The maximum absolute atomic E-state index is 13.3. The number of primary sulfonamides is 1. The summed E-state index contributed by atoms with van der Waals surface area (Å²) in [6, 6.07) is 20.5. The summed E-state index contributed by atoms with van der Waals surface area (Å²) in [5.41, 5.74) is 1.51. The third-order valence-corrected chi connectivity index (χ3v) is 7.69. The normalized spacial score (nSPS) is 11.6. The lowest BCUT2D eigenvalue weighted by Gasteiger charge is -2.23. The number of hydrogen-bond donors (Lipinski definition) is 2. The van der Waals surface area contributed by atoms with Gasteiger partial charge in [-0.05, 0) is 54.4 Å². The lowest BCUT2D eigenvalue weighted by molar-refractivity contribution is 0.0954. The predicted molar refractivity (Wildman–Crippen MR) is 131 cm³/mol. The molecule has 0 atom stereocenters. The van der Waals surface area contributed by atoms with E-state index in [4.69, 9.17) is 5.14 Å². The number of carbonyl (C=O) groups is 1. The van der Waals surface area contributed by atoms with Gasteiger partial charge in [0.1, 0.15) is 0 Å². The maximum atomic E-state index is 13.3. The molecule has 3 rings (SSSR count). The predicted octanol–water partition coefficient (Wildman–Crippen LogP) is 2.69. The van der Waals surface area contributed by atoms with Crippen LogP contribution in [0.5, 0.6) is 0 Å². The van der Waals surface area contributed by atoms with Gasteiger partial charge in [0.15, 0.2) is 0 Å². The third-order valence-electron chi connectivity index (χ3n) is 4.97. The van der Waals surface area contributed by atoms with Crippen LogP contribution in [0.15, 0.2) is 101 Å². The minimum atomic E-state index is -3.93. The minimum Gasteiger partial charge on any atom is -0.352 e. The number of nitrogens with zero attached hydrogens (tertiary/aromatic N) is 1. The molecule has 0 saturated carbocycles. The topological polar surface area (TPSA) is 127 Å². The molecule has 1 amide bonds. The van der Waals surface area contributed by atoms with Gasteiger partial charge in [-0.1, -0.05) is 42.5 Å². The van der Waals surface area contributed by atoms with Crippen molar-refractivity contribution in [3.05, 3.63) is 103 Å². The second-order valence-corrected chi connectivity index (χ2v) is 10.8. The van der Waals surface area contributed by atoms with E-state index in [0.29, 0.717) is 12.1 Å². The molecule has 0 aromatic heterocycles. The molecule has 0 fully saturated rings. The van der Waals surface area contributed by atoms with Gasteiger partial charge in [0.2, 0.25) is 10.0 Å². The van der Waals surface area contributed by atoms with Crippen LogP contribution in [0.2, 0.25) is 0 Å². The Balaban J connectivity index is 1.71. The average Bonchev–Trinajstić information content (AvgIpc) is 2.82. The number of anilines is 1. The molecule has 0 spiro atoms. The van der Waals surface area contributed by atoms with Gasteiger partial charge in [-0.25, -0.2) is 22.0 Å². The van der Waals surface area contributed by atoms with Crippen molar-refractivity contribution in [1.29, 1.82) is 0 Å². The zero-order chi connectivity index (χ0) is 24.8. The van der Waals surface area contributed by atoms with Crippen LogP contribution in [0, 0.1) is 0 Å². The molecule has 0 radical (unpaired) electrons. The van der Waals surface area contributed by atoms with Crippen molar-refractivity contribution in [2.45, 2.75) is 16.2 Å². The number of carbonyl (C=O) groups excluding carboxylic acids is 1. The first-order valence-corrected chi connectivity index (χ1v) is 13.3. The van der Waals surface area contributed by atoms with Crippen molar-refractivity contribution in [3.63, 3.8) is 0 Å². The molecule has 3 aromatic rings. The molecular weight excluding hydrogens is 474 g/mol. The smallest absolute Gasteiger partial charge is 0.264 e. The van der Waals surface area contributed by atoms with E-state index in [1.54, 1.807) is 42.5 Å². The van der Waals surface area contributed by atoms with Crippen LogP contribution in [0.25, 0.3) is 0 Å². The fourth-order valence-electron chi connectivity index (χ4n) is 3.25. The average molecular weight is 500 g/mol. The molecule has 178 valence electrons. The molecule has 3 aromatic carbocycles. The fraction of sp³-hybridized carbons (Fsp3) is 0.125. The van der Waals surface area contributed by atoms with E-state index in [2.05, 4.69) is 11.9 Å². The number of hydrogen-bond acceptors (Lipinski definition) is 5. The van der Waals surface area contributed by atoms with E-state index < -0.39 is 26.0 Å². The van der Waals surface area contributed by atoms with Crippen LogP contribution in [-0.2, 0) is 26.5 Å². The van der Waals surface area contributed by atoms with Gasteiger partial charge in [0.25, 0.3) is 15.9 Å². The van der Waals surface area contributed by atoms with Crippen molar-refractivity contribution in [1.82, 2.24) is 5.32 Å². The Morgan fingerprint density at radius 1 is 0.912 bits per heavy atom. The van der Waals surface area contributed by atoms with Crippen LogP contribution < -0.4 is 14.8 Å². The molecule has 0 unspecified atom stereocenters. The van der Waals surface area contributed by atoms with E-state index in [9.17, 15) is 21.6 Å². The highest BCUT2D eigenvalue weighted by Gasteiger charge is 2.24. The van der Waals surface area contributed by atoms with Gasteiger partial charge in [-0.15, -0.1) is 6.58 Å². The number of rotatable bonds is 10. The Morgan fingerprint density at radius 3 is 2.21 bits per heavy atom. The number of sulfonamides is 2. The summed E-state index contributed by atoms with van der Waals surface area (Å²) >= 11 is 0. The summed E-state index contributed by atoms with van der Waals surface area (Å²) in [6.45, 7) is 4.00. The maximum Gasteiger partial charge on any atom is 0.264 e. The molecule has 8 nitrogen and oxygen atoms in total. The summed E-state index contributed by atoms with van der Waals surface area (Å²) < 4.78 is 50.5. The Morgan fingerprint density at radius 2 is 1.59 bits per heavy atom. The Kier molecular flexibility index (Phi) is 7.87. The van der Waals surface area contributed by atoms with Crippen LogP contribution in [0.1, 0.15) is 15.9 Å². The zero-order valence-corrected chi connectivity index (χ0v) is 19.9. The Labute approximate surface area is 199 Å². The second kappa shape index (κ2) is 10.6. The van der Waals surface area contributed by atoms with Gasteiger partial charge in [-0.2, -0.15) is 0 Å². The number of para-hydroxylation sites is 1. The summed E-state index contributed by atoms with van der Waals surface area (Å²) in [4.78, 5) is 12.6. The lowest BCUT2D eigenvalue weighted by Crippen LogP contribution is -2.31. The summed E-state index contributed by atoms with van der Waals surface area (Å²) in [6.07, 6.45) is 1.95. The van der Waals surface area contributed by atoms with Crippen molar-refractivity contribution in [2.24, 2.45) is 5.14 Å². The highest BCUT2D eigenvalue weighted by Crippen LogP contribution is 2.24. The first-order valence-electron chi connectivity index (χ1n) is 10.3. The summed E-state index contributed by atoms with van der Waals surface area (Å²) in [7, 11) is -7.69. The van der Waals surface area contributed by atoms with Crippen molar-refractivity contribution < 1.29 is 21.6 Å². The fourth-order valence-corrected chi connectivity index (χ4v) is 5.24. The van der Waals surface area contributed by atoms with E-state index in [1.165, 1.54) is 46.8 Å². The standard InChI is InChI=1S/C24H25N3O5S2/c1-2-17-27(21-8-4-3-5-9-21)34(31,32)23-10-6-7-20(18-23)24(28)26-16-15-19-11-13-22(14-12-19)33(25,29)30/h2-14,18H,1,15-17H2,(H,26,28)(H2,25,29,30). The molecule has 0 heterocycles. The van der Waals surface area contributed by atoms with E-state index in [-0.39, 0.29) is 28.4 Å². The van der Waals surface area contributed by atoms with Crippen molar-refractivity contribution in [2.75, 3.05) is 17.4 Å². The molecular formula is C24H25N3O5S2. The van der Waals surface area contributed by atoms with E-state index >= 15 is 0 Å².